The Morgan fingerprint density at radius 3 is 2.62 bits per heavy atom. The van der Waals surface area contributed by atoms with E-state index in [2.05, 4.69) is 14.8 Å². The fourth-order valence-corrected chi connectivity index (χ4v) is 2.65. The van der Waals surface area contributed by atoms with Gasteiger partial charge in [0.05, 0.1) is 6.54 Å². The number of hydrogen-bond donors (Lipinski definition) is 2. The molecule has 2 N–H and O–H groups in total. The lowest BCUT2D eigenvalue weighted by Crippen LogP contribution is -2.46. The topological polar surface area (TPSA) is 124 Å². The van der Waals surface area contributed by atoms with Crippen molar-refractivity contribution in [1.82, 2.24) is 18.9 Å². The van der Waals surface area contributed by atoms with Crippen LogP contribution in [0.1, 0.15) is 6.42 Å². The summed E-state index contributed by atoms with van der Waals surface area (Å²) in [5.74, 6) is -1.37. The molecule has 2 rings (SSSR count). The van der Waals surface area contributed by atoms with Gasteiger partial charge in [0, 0.05) is 51.6 Å². The van der Waals surface area contributed by atoms with Gasteiger partial charge in [0.25, 0.3) is 5.91 Å². The van der Waals surface area contributed by atoms with Gasteiger partial charge in [-0.3, -0.25) is 29.0 Å². The Labute approximate surface area is 150 Å². The zero-order valence-electron chi connectivity index (χ0n) is 14.8. The van der Waals surface area contributed by atoms with Gasteiger partial charge >= 0.3 is 11.7 Å². The molecule has 142 valence electrons. The smallest absolute Gasteiger partial charge is 0.330 e. The number of rotatable bonds is 7. The molecular weight excluding hydrogens is 340 g/mol. The number of carbonyl (C=O) groups excluding carboxylic acids is 1. The fraction of sp³-hybridized carbons (Fsp3) is 0.562. The predicted molar refractivity (Wildman–Crippen MR) is 94.2 cm³/mol. The number of aliphatic imine (C=N–C) groups is 1. The first kappa shape index (κ1) is 19.7. The predicted octanol–water partition coefficient (Wildman–Crippen LogP) is -1.55. The number of carboxylic acid groups (broad SMARTS) is 1. The van der Waals surface area contributed by atoms with Crippen molar-refractivity contribution in [3.63, 3.8) is 0 Å². The Morgan fingerprint density at radius 1 is 1.27 bits per heavy atom. The van der Waals surface area contributed by atoms with Crippen LogP contribution < -0.4 is 11.2 Å². The van der Waals surface area contributed by atoms with Crippen LogP contribution in [-0.4, -0.2) is 81.9 Å². The highest BCUT2D eigenvalue weighted by atomic mass is 16.4. The van der Waals surface area contributed by atoms with Gasteiger partial charge in [-0.15, -0.1) is 0 Å². The van der Waals surface area contributed by atoms with Crippen LogP contribution in [0.15, 0.2) is 22.1 Å². The highest BCUT2D eigenvalue weighted by Crippen LogP contribution is 1.98. The summed E-state index contributed by atoms with van der Waals surface area (Å²) in [4.78, 5) is 42.9. The van der Waals surface area contributed by atoms with Gasteiger partial charge in [-0.25, -0.2) is 9.79 Å². The van der Waals surface area contributed by atoms with Crippen LogP contribution in [0.25, 0.3) is 0 Å². The maximum Gasteiger partial charge on any atom is 0.330 e. The van der Waals surface area contributed by atoms with Crippen LogP contribution in [0.4, 0.5) is 0 Å². The zero-order valence-corrected chi connectivity index (χ0v) is 14.8. The molecule has 1 amide bonds. The lowest BCUT2D eigenvalue weighted by molar-refractivity contribution is -0.137. The number of carboxylic acids is 1. The molecule has 1 aromatic rings. The first-order valence-corrected chi connectivity index (χ1v) is 8.39. The van der Waals surface area contributed by atoms with Crippen LogP contribution in [0.5, 0.6) is 0 Å². The van der Waals surface area contributed by atoms with Gasteiger partial charge in [0.15, 0.2) is 0 Å². The second-order valence-electron chi connectivity index (χ2n) is 6.23. The van der Waals surface area contributed by atoms with Crippen molar-refractivity contribution < 1.29 is 14.7 Å². The van der Waals surface area contributed by atoms with Crippen LogP contribution >= 0.6 is 0 Å². The molecule has 0 aliphatic carbocycles. The maximum atomic E-state index is 12.2. The summed E-state index contributed by atoms with van der Waals surface area (Å²) in [7, 11) is 2.05. The van der Waals surface area contributed by atoms with E-state index in [0.717, 1.165) is 35.3 Å². The fourth-order valence-electron chi connectivity index (χ4n) is 2.65. The minimum Gasteiger partial charge on any atom is -0.480 e. The first-order chi connectivity index (χ1) is 12.4. The molecule has 0 unspecified atom stereocenters. The molecular formula is C16H24N6O4. The van der Waals surface area contributed by atoms with E-state index in [9.17, 15) is 14.4 Å². The Bertz CT molecular complexity index is 789. The third-order valence-electron chi connectivity index (χ3n) is 4.16. The molecule has 10 heteroatoms. The lowest BCUT2D eigenvalue weighted by Gasteiger charge is -2.31. The molecule has 1 aliphatic heterocycles. The second kappa shape index (κ2) is 9.20. The Kier molecular flexibility index (Phi) is 6.98. The van der Waals surface area contributed by atoms with Gasteiger partial charge in [-0.05, 0) is 13.1 Å². The minimum atomic E-state index is -1.13. The van der Waals surface area contributed by atoms with Crippen molar-refractivity contribution in [2.75, 3.05) is 39.8 Å². The summed E-state index contributed by atoms with van der Waals surface area (Å²) < 4.78 is 2.18. The Balaban J connectivity index is 1.88. The van der Waals surface area contributed by atoms with E-state index in [1.807, 2.05) is 7.05 Å². The third-order valence-corrected chi connectivity index (χ3v) is 4.16. The van der Waals surface area contributed by atoms with Crippen LogP contribution in [0, 0.1) is 5.41 Å². The molecule has 0 saturated carbocycles. The van der Waals surface area contributed by atoms with Gasteiger partial charge in [0.2, 0.25) is 0 Å². The molecule has 0 bridgehead atoms. The minimum absolute atomic E-state index is 0.0196. The van der Waals surface area contributed by atoms with E-state index in [1.165, 1.54) is 18.5 Å². The largest absolute Gasteiger partial charge is 0.480 e. The molecule has 1 aliphatic rings. The monoisotopic (exact) mass is 364 g/mol. The number of piperazine rings is 1. The molecule has 1 fully saturated rings. The highest BCUT2D eigenvalue weighted by Gasteiger charge is 2.15. The molecule has 0 atom stereocenters. The van der Waals surface area contributed by atoms with Crippen molar-refractivity contribution in [3.05, 3.63) is 28.2 Å². The maximum absolute atomic E-state index is 12.2. The Morgan fingerprint density at radius 2 is 1.96 bits per heavy atom. The number of aliphatic carboxylic acids is 1. The second-order valence-corrected chi connectivity index (χ2v) is 6.23. The molecule has 2 heterocycles. The molecule has 10 nitrogen and oxygen atoms in total. The first-order valence-electron chi connectivity index (χ1n) is 8.39. The van der Waals surface area contributed by atoms with Crippen molar-refractivity contribution in [1.29, 1.82) is 5.41 Å². The third kappa shape index (κ3) is 5.74. The number of amides is 1. The lowest BCUT2D eigenvalue weighted by atomic mass is 10.3. The van der Waals surface area contributed by atoms with Crippen molar-refractivity contribution in [3.8, 4) is 0 Å². The zero-order chi connectivity index (χ0) is 19.1. The molecule has 0 aromatic carbocycles. The van der Waals surface area contributed by atoms with E-state index in [1.54, 1.807) is 0 Å². The summed E-state index contributed by atoms with van der Waals surface area (Å²) in [6, 6.07) is 1.36. The quantitative estimate of drug-likeness (QED) is 0.565. The molecule has 0 spiro atoms. The standard InChI is InChI=1S/C16H24N6O4/c1-19-7-9-20(10-8-19)11-14(23)18-4-2-5-22-13(17)3-6-21(16(22)26)12-15(24)25/h3-4,6,17H,2,5,7-12H2,1H3,(H,24,25). The summed E-state index contributed by atoms with van der Waals surface area (Å²) in [6.45, 7) is 3.50. The number of nitrogens with one attached hydrogen (secondary N) is 1. The summed E-state index contributed by atoms with van der Waals surface area (Å²) in [6.07, 6.45) is 3.03. The highest BCUT2D eigenvalue weighted by molar-refractivity contribution is 5.86. The average Bonchev–Trinajstić information content (AvgIpc) is 2.58. The summed E-state index contributed by atoms with van der Waals surface area (Å²) in [5, 5.41) is 16.6. The number of aromatic nitrogens is 2. The van der Waals surface area contributed by atoms with E-state index in [4.69, 9.17) is 10.5 Å². The number of carbonyl (C=O) groups is 2. The van der Waals surface area contributed by atoms with Crippen molar-refractivity contribution in [2.45, 2.75) is 19.5 Å². The number of likely N-dealkylation sites (N-methyl/N-ethyl adjacent to an activating group) is 1. The van der Waals surface area contributed by atoms with Crippen LogP contribution in [-0.2, 0) is 22.7 Å². The van der Waals surface area contributed by atoms with Crippen molar-refractivity contribution >= 4 is 18.1 Å². The SMILES string of the molecule is CN1CCN(CC(=O)N=CCCn2c(=N)ccn(CC(=O)O)c2=O)CC1. The molecule has 0 radical (unpaired) electrons. The van der Waals surface area contributed by atoms with Crippen LogP contribution in [0.3, 0.4) is 0 Å². The van der Waals surface area contributed by atoms with Crippen LogP contribution in [0.2, 0.25) is 0 Å². The number of nitrogens with zero attached hydrogens (tertiary/aromatic N) is 5. The van der Waals surface area contributed by atoms with Crippen molar-refractivity contribution in [2.24, 2.45) is 4.99 Å². The van der Waals surface area contributed by atoms with E-state index >= 15 is 0 Å². The van der Waals surface area contributed by atoms with E-state index < -0.39 is 18.2 Å². The summed E-state index contributed by atoms with van der Waals surface area (Å²) in [5.41, 5.74) is -0.592. The molecule has 26 heavy (non-hydrogen) atoms. The normalized spacial score (nSPS) is 16.2. The van der Waals surface area contributed by atoms with E-state index in [0.29, 0.717) is 6.42 Å². The number of hydrogen-bond acceptors (Lipinski definition) is 6. The van der Waals surface area contributed by atoms with Gasteiger partial charge < -0.3 is 10.0 Å². The van der Waals surface area contributed by atoms with Gasteiger partial charge in [-0.1, -0.05) is 0 Å². The van der Waals surface area contributed by atoms with Gasteiger partial charge in [0.1, 0.15) is 12.0 Å². The van der Waals surface area contributed by atoms with Gasteiger partial charge in [-0.2, -0.15) is 0 Å². The molecule has 1 saturated heterocycles. The van der Waals surface area contributed by atoms with E-state index in [-0.39, 0.29) is 24.5 Å². The average molecular weight is 364 g/mol. The Hall–Kier alpha value is -2.59. The summed E-state index contributed by atoms with van der Waals surface area (Å²) >= 11 is 0. The molecule has 1 aromatic heterocycles.